The van der Waals surface area contributed by atoms with Crippen molar-refractivity contribution in [1.29, 1.82) is 0 Å². The summed E-state index contributed by atoms with van der Waals surface area (Å²) in [4.78, 5) is 0. The fraction of sp³-hybridized carbons (Fsp3) is 1.00. The number of rotatable bonds is 10. The lowest BCUT2D eigenvalue weighted by molar-refractivity contribution is 0.0939. The van der Waals surface area contributed by atoms with E-state index in [2.05, 4.69) is 33.0 Å². The van der Waals surface area contributed by atoms with Crippen LogP contribution in [0.4, 0.5) is 0 Å². The largest absolute Gasteiger partial charge is 0.394 e. The van der Waals surface area contributed by atoms with Gasteiger partial charge >= 0.3 is 0 Å². The maximum absolute atomic E-state index is 8.42. The summed E-state index contributed by atoms with van der Waals surface area (Å²) in [5.41, 5.74) is 0. The molecular weight excluding hydrogens is 214 g/mol. The number of aliphatic hydroxyl groups is 1. The molecule has 0 saturated heterocycles. The molecule has 0 aromatic heterocycles. The monoisotopic (exact) mass is 247 g/mol. The minimum atomic E-state index is 0.122. The van der Waals surface area contributed by atoms with Crippen LogP contribution in [0.5, 0.6) is 0 Å². The van der Waals surface area contributed by atoms with Gasteiger partial charge in [0.2, 0.25) is 0 Å². The molecule has 2 N–H and O–H groups in total. The van der Waals surface area contributed by atoms with E-state index in [1.165, 1.54) is 25.7 Å². The second kappa shape index (κ2) is 18.3. The molecule has 17 heavy (non-hydrogen) atoms. The Bertz CT molecular complexity index is 106. The highest BCUT2D eigenvalue weighted by Gasteiger charge is 1.89. The van der Waals surface area contributed by atoms with E-state index in [1.807, 2.05) is 0 Å². The number of hydrogen-bond donors (Lipinski definition) is 2. The smallest absolute Gasteiger partial charge is 0.0698 e. The van der Waals surface area contributed by atoms with E-state index in [4.69, 9.17) is 9.84 Å². The maximum atomic E-state index is 8.42. The summed E-state index contributed by atoms with van der Waals surface area (Å²) in [5.74, 6) is 0.833. The molecule has 0 saturated carbocycles. The van der Waals surface area contributed by atoms with Crippen LogP contribution < -0.4 is 5.32 Å². The Balaban J connectivity index is 0. The molecule has 0 amide bonds. The number of ether oxygens (including phenoxy) is 1. The van der Waals surface area contributed by atoms with Crippen LogP contribution in [-0.2, 0) is 4.74 Å². The molecule has 106 valence electrons. The van der Waals surface area contributed by atoms with Gasteiger partial charge in [-0.25, -0.2) is 0 Å². The quantitative estimate of drug-likeness (QED) is 0.583. The Morgan fingerprint density at radius 1 is 1.00 bits per heavy atom. The molecule has 0 aliphatic heterocycles. The molecule has 0 bridgehead atoms. The lowest BCUT2D eigenvalue weighted by Crippen LogP contribution is -2.21. The third-order valence-corrected chi connectivity index (χ3v) is 1.87. The predicted molar refractivity (Wildman–Crippen MR) is 75.4 cm³/mol. The minimum Gasteiger partial charge on any atom is -0.394 e. The summed E-state index contributed by atoms with van der Waals surface area (Å²) in [7, 11) is 0. The van der Waals surface area contributed by atoms with Gasteiger partial charge in [0.25, 0.3) is 0 Å². The van der Waals surface area contributed by atoms with Crippen LogP contribution in [0.25, 0.3) is 0 Å². The number of nitrogens with one attached hydrogen (secondary N) is 1. The molecule has 3 heteroatoms. The van der Waals surface area contributed by atoms with Crippen LogP contribution in [0.2, 0.25) is 0 Å². The second-order valence-corrected chi connectivity index (χ2v) is 4.88. The van der Waals surface area contributed by atoms with Crippen LogP contribution >= 0.6 is 0 Å². The van der Waals surface area contributed by atoms with Gasteiger partial charge in [-0.2, -0.15) is 0 Å². The van der Waals surface area contributed by atoms with E-state index >= 15 is 0 Å². The summed E-state index contributed by atoms with van der Waals surface area (Å²) >= 11 is 0. The second-order valence-electron chi connectivity index (χ2n) is 4.88. The highest BCUT2D eigenvalue weighted by Crippen LogP contribution is 1.96. The Labute approximate surface area is 108 Å². The molecule has 0 aliphatic carbocycles. The SMILES string of the molecule is CC(C)C.CCCCCCNCCOCCO. The molecule has 0 rings (SSSR count). The average Bonchev–Trinajstić information content (AvgIpc) is 2.26. The molecule has 0 fully saturated rings. The number of aliphatic hydroxyl groups excluding tert-OH is 1. The molecule has 0 radical (unpaired) electrons. The van der Waals surface area contributed by atoms with Crippen molar-refractivity contribution in [1.82, 2.24) is 5.32 Å². The standard InChI is InChI=1S/C10H23NO2.C4H10/c1-2-3-4-5-6-11-7-9-13-10-8-12;1-4(2)3/h11-12H,2-10H2,1H3;4H,1-3H3. The van der Waals surface area contributed by atoms with Crippen LogP contribution in [-0.4, -0.2) is 38.0 Å². The van der Waals surface area contributed by atoms with Gasteiger partial charge in [0.15, 0.2) is 0 Å². The molecule has 0 unspecified atom stereocenters. The van der Waals surface area contributed by atoms with Crippen LogP contribution in [0, 0.1) is 5.92 Å². The van der Waals surface area contributed by atoms with Crippen molar-refractivity contribution in [3.8, 4) is 0 Å². The maximum Gasteiger partial charge on any atom is 0.0698 e. The normalized spacial score (nSPS) is 10.2. The zero-order chi connectivity index (χ0) is 13.4. The molecule has 0 spiro atoms. The van der Waals surface area contributed by atoms with Crippen LogP contribution in [0.3, 0.4) is 0 Å². The summed E-state index contributed by atoms with van der Waals surface area (Å²) < 4.78 is 5.10. The highest BCUT2D eigenvalue weighted by molar-refractivity contribution is 4.47. The van der Waals surface area contributed by atoms with Gasteiger partial charge in [-0.15, -0.1) is 0 Å². The topological polar surface area (TPSA) is 41.5 Å². The summed E-state index contributed by atoms with van der Waals surface area (Å²) in [6, 6.07) is 0. The van der Waals surface area contributed by atoms with Crippen molar-refractivity contribution < 1.29 is 9.84 Å². The lowest BCUT2D eigenvalue weighted by Gasteiger charge is -2.04. The summed E-state index contributed by atoms with van der Waals surface area (Å²) in [6.45, 7) is 12.0. The van der Waals surface area contributed by atoms with Gasteiger partial charge < -0.3 is 15.2 Å². The van der Waals surface area contributed by atoms with Crippen molar-refractivity contribution in [3.05, 3.63) is 0 Å². The van der Waals surface area contributed by atoms with Gasteiger partial charge in [0.1, 0.15) is 0 Å². The first kappa shape index (κ1) is 19.2. The van der Waals surface area contributed by atoms with Crippen molar-refractivity contribution >= 4 is 0 Å². The first-order valence-corrected chi connectivity index (χ1v) is 7.04. The Morgan fingerprint density at radius 2 is 1.65 bits per heavy atom. The minimum absolute atomic E-state index is 0.122. The molecule has 3 nitrogen and oxygen atoms in total. The first-order chi connectivity index (χ1) is 8.15. The molecule has 0 aromatic carbocycles. The van der Waals surface area contributed by atoms with E-state index < -0.39 is 0 Å². The average molecular weight is 247 g/mol. The third kappa shape index (κ3) is 31.3. The molecule has 0 atom stereocenters. The van der Waals surface area contributed by atoms with E-state index in [0.29, 0.717) is 13.2 Å². The third-order valence-electron chi connectivity index (χ3n) is 1.87. The Kier molecular flexibility index (Phi) is 20.6. The fourth-order valence-corrected chi connectivity index (χ4v) is 1.11. The molecule has 0 aromatic rings. The zero-order valence-electron chi connectivity index (χ0n) is 12.3. The van der Waals surface area contributed by atoms with Gasteiger partial charge in [0, 0.05) is 6.54 Å². The lowest BCUT2D eigenvalue weighted by atomic mass is 10.2. The Morgan fingerprint density at radius 3 is 2.18 bits per heavy atom. The highest BCUT2D eigenvalue weighted by atomic mass is 16.5. The number of hydrogen-bond acceptors (Lipinski definition) is 3. The molecule has 0 aliphatic rings. The van der Waals surface area contributed by atoms with E-state index in [0.717, 1.165) is 19.0 Å². The van der Waals surface area contributed by atoms with Gasteiger partial charge in [-0.3, -0.25) is 0 Å². The van der Waals surface area contributed by atoms with E-state index in [1.54, 1.807) is 0 Å². The summed E-state index contributed by atoms with van der Waals surface area (Å²) in [5, 5.41) is 11.7. The van der Waals surface area contributed by atoms with Crippen molar-refractivity contribution in [2.45, 2.75) is 53.4 Å². The summed E-state index contributed by atoms with van der Waals surface area (Å²) in [6.07, 6.45) is 5.21. The van der Waals surface area contributed by atoms with Gasteiger partial charge in [0.05, 0.1) is 19.8 Å². The zero-order valence-corrected chi connectivity index (χ0v) is 12.3. The first-order valence-electron chi connectivity index (χ1n) is 7.04. The van der Waals surface area contributed by atoms with Crippen LogP contribution in [0.15, 0.2) is 0 Å². The fourth-order valence-electron chi connectivity index (χ4n) is 1.11. The number of unbranched alkanes of at least 4 members (excludes halogenated alkanes) is 3. The molecular formula is C14H33NO2. The molecule has 0 heterocycles. The van der Waals surface area contributed by atoms with E-state index in [9.17, 15) is 0 Å². The Hall–Kier alpha value is -0.120. The van der Waals surface area contributed by atoms with Gasteiger partial charge in [-0.05, 0) is 18.9 Å². The van der Waals surface area contributed by atoms with Crippen molar-refractivity contribution in [2.24, 2.45) is 5.92 Å². The predicted octanol–water partition coefficient (Wildman–Crippen LogP) is 2.83. The van der Waals surface area contributed by atoms with Crippen LogP contribution in [0.1, 0.15) is 53.4 Å². The van der Waals surface area contributed by atoms with Crippen molar-refractivity contribution in [2.75, 3.05) is 32.9 Å². The van der Waals surface area contributed by atoms with E-state index in [-0.39, 0.29) is 6.61 Å². The van der Waals surface area contributed by atoms with Crippen molar-refractivity contribution in [3.63, 3.8) is 0 Å². The van der Waals surface area contributed by atoms with Gasteiger partial charge in [-0.1, -0.05) is 47.0 Å².